The predicted molar refractivity (Wildman–Crippen MR) is 46.9 cm³/mol. The van der Waals surface area contributed by atoms with Gasteiger partial charge < -0.3 is 5.11 Å². The summed E-state index contributed by atoms with van der Waals surface area (Å²) in [5, 5.41) is 9.09. The number of hydrogen-bond acceptors (Lipinski definition) is 3. The zero-order valence-electron chi connectivity index (χ0n) is 7.06. The molecule has 72 valence electrons. The molecule has 0 atom stereocenters. The van der Waals surface area contributed by atoms with Crippen molar-refractivity contribution >= 4 is 18.3 Å². The highest BCUT2D eigenvalue weighted by Gasteiger charge is 2.25. The van der Waals surface area contributed by atoms with Crippen molar-refractivity contribution in [2.45, 2.75) is 0 Å². The molecule has 1 aromatic carbocycles. The summed E-state index contributed by atoms with van der Waals surface area (Å²) in [6, 6.07) is 6.74. The quantitative estimate of drug-likeness (QED) is 0.457. The molecule has 0 aromatic heterocycles. The summed E-state index contributed by atoms with van der Waals surface area (Å²) in [5.74, 6) is -0.601. The molecular formula is C9H7NO4. The van der Waals surface area contributed by atoms with Gasteiger partial charge in [-0.25, -0.2) is 0 Å². The van der Waals surface area contributed by atoms with Crippen LogP contribution in [0.5, 0.6) is 0 Å². The maximum atomic E-state index is 10.9. The van der Waals surface area contributed by atoms with Gasteiger partial charge in [-0.05, 0) is 12.1 Å². The molecule has 1 aromatic rings. The van der Waals surface area contributed by atoms with Gasteiger partial charge in [-0.3, -0.25) is 19.7 Å². The molecular weight excluding hydrogens is 186 g/mol. The van der Waals surface area contributed by atoms with Crippen LogP contribution in [0.4, 0.5) is 0 Å². The Bertz CT molecular complexity index is 353. The van der Waals surface area contributed by atoms with E-state index in [1.807, 2.05) is 0 Å². The average Bonchev–Trinajstić information content (AvgIpc) is 2.45. The summed E-state index contributed by atoms with van der Waals surface area (Å²) in [6.07, 6.45) is 0. The van der Waals surface area contributed by atoms with Gasteiger partial charge in [0.2, 0.25) is 0 Å². The molecule has 2 N–H and O–H groups in total. The third-order valence-electron chi connectivity index (χ3n) is 1.64. The van der Waals surface area contributed by atoms with E-state index < -0.39 is 0 Å². The number of carbonyl (C=O) groups is 3. The zero-order valence-corrected chi connectivity index (χ0v) is 7.06. The molecule has 2 amide bonds. The Morgan fingerprint density at radius 2 is 1.43 bits per heavy atom. The molecule has 0 saturated carbocycles. The second kappa shape index (κ2) is 4.18. The van der Waals surface area contributed by atoms with Crippen LogP contribution in [0.1, 0.15) is 20.7 Å². The number of carboxylic acid groups (broad SMARTS) is 1. The van der Waals surface area contributed by atoms with Crippen LogP contribution in [0.25, 0.3) is 0 Å². The number of nitrogens with one attached hydrogen (secondary N) is 1. The number of rotatable bonds is 0. The van der Waals surface area contributed by atoms with Crippen molar-refractivity contribution in [3.63, 3.8) is 0 Å². The first-order valence-corrected chi connectivity index (χ1v) is 3.73. The number of carbonyl (C=O) groups excluding carboxylic acids is 2. The van der Waals surface area contributed by atoms with E-state index in [1.165, 1.54) is 0 Å². The summed E-state index contributed by atoms with van der Waals surface area (Å²) < 4.78 is 0. The Hall–Kier alpha value is -2.17. The van der Waals surface area contributed by atoms with Gasteiger partial charge in [0.25, 0.3) is 18.3 Å². The molecule has 0 saturated heterocycles. The number of imide groups is 1. The molecule has 0 radical (unpaired) electrons. The van der Waals surface area contributed by atoms with Gasteiger partial charge in [-0.15, -0.1) is 0 Å². The summed E-state index contributed by atoms with van der Waals surface area (Å²) in [7, 11) is 0. The normalized spacial score (nSPS) is 12.3. The van der Waals surface area contributed by atoms with Gasteiger partial charge in [-0.2, -0.15) is 0 Å². The highest BCUT2D eigenvalue weighted by molar-refractivity contribution is 6.21. The third-order valence-corrected chi connectivity index (χ3v) is 1.64. The van der Waals surface area contributed by atoms with Crippen molar-refractivity contribution in [2.24, 2.45) is 0 Å². The van der Waals surface area contributed by atoms with Crippen LogP contribution < -0.4 is 5.32 Å². The zero-order chi connectivity index (χ0) is 10.6. The van der Waals surface area contributed by atoms with Crippen LogP contribution in [-0.4, -0.2) is 23.4 Å². The Balaban J connectivity index is 0.000000293. The molecule has 0 bridgehead atoms. The maximum Gasteiger partial charge on any atom is 0.290 e. The van der Waals surface area contributed by atoms with Gasteiger partial charge >= 0.3 is 0 Å². The molecule has 0 aliphatic carbocycles. The lowest BCUT2D eigenvalue weighted by atomic mass is 10.1. The van der Waals surface area contributed by atoms with Crippen LogP contribution in [0, 0.1) is 0 Å². The van der Waals surface area contributed by atoms with Crippen molar-refractivity contribution in [1.29, 1.82) is 0 Å². The SMILES string of the molecule is O=C1NC(=O)c2ccccc21.O=CO. The molecule has 14 heavy (non-hydrogen) atoms. The summed E-state index contributed by atoms with van der Waals surface area (Å²) in [6.45, 7) is -0.250. The van der Waals surface area contributed by atoms with Crippen molar-refractivity contribution in [2.75, 3.05) is 0 Å². The lowest BCUT2D eigenvalue weighted by molar-refractivity contribution is -0.122. The standard InChI is InChI=1S/C8H5NO2.CH2O2/c10-7-5-3-1-2-4-6(5)8(11)9-7;2-1-3/h1-4H,(H,9,10,11);1H,(H,2,3). The number of fused-ring (bicyclic) bond motifs is 1. The van der Waals surface area contributed by atoms with E-state index in [4.69, 9.17) is 9.90 Å². The molecule has 1 aliphatic rings. The summed E-state index contributed by atoms with van der Waals surface area (Å²) in [5.41, 5.74) is 0.940. The van der Waals surface area contributed by atoms with Gasteiger partial charge in [0.05, 0.1) is 11.1 Å². The highest BCUT2D eigenvalue weighted by atomic mass is 16.3. The fourth-order valence-corrected chi connectivity index (χ4v) is 1.12. The van der Waals surface area contributed by atoms with Crippen molar-refractivity contribution in [3.05, 3.63) is 35.4 Å². The Morgan fingerprint density at radius 1 is 1.07 bits per heavy atom. The first kappa shape index (κ1) is 9.91. The minimum absolute atomic E-state index is 0.250. The second-order valence-corrected chi connectivity index (χ2v) is 2.43. The van der Waals surface area contributed by atoms with Crippen LogP contribution in [0.3, 0.4) is 0 Å². The van der Waals surface area contributed by atoms with E-state index in [0.29, 0.717) is 11.1 Å². The van der Waals surface area contributed by atoms with Crippen LogP contribution in [0.2, 0.25) is 0 Å². The first-order valence-electron chi connectivity index (χ1n) is 3.73. The average molecular weight is 193 g/mol. The topological polar surface area (TPSA) is 83.5 Å². The molecule has 0 spiro atoms. The van der Waals surface area contributed by atoms with E-state index in [1.54, 1.807) is 24.3 Å². The minimum atomic E-state index is -0.300. The summed E-state index contributed by atoms with van der Waals surface area (Å²) >= 11 is 0. The van der Waals surface area contributed by atoms with Crippen LogP contribution in [0.15, 0.2) is 24.3 Å². The Kier molecular flexibility index (Phi) is 2.96. The molecule has 1 aliphatic heterocycles. The van der Waals surface area contributed by atoms with Crippen molar-refractivity contribution in [1.82, 2.24) is 5.32 Å². The lowest BCUT2D eigenvalue weighted by Crippen LogP contribution is -2.19. The molecule has 5 nitrogen and oxygen atoms in total. The number of amides is 2. The fraction of sp³-hybridized carbons (Fsp3) is 0. The van der Waals surface area contributed by atoms with E-state index in [9.17, 15) is 9.59 Å². The minimum Gasteiger partial charge on any atom is -0.483 e. The van der Waals surface area contributed by atoms with Crippen molar-refractivity contribution in [3.8, 4) is 0 Å². The molecule has 1 heterocycles. The Labute approximate surface area is 79.4 Å². The third kappa shape index (κ3) is 1.77. The van der Waals surface area contributed by atoms with Crippen molar-refractivity contribution < 1.29 is 19.5 Å². The Morgan fingerprint density at radius 3 is 1.79 bits per heavy atom. The predicted octanol–water partition coefficient (Wildman–Crippen LogP) is 0.271. The first-order chi connectivity index (χ1) is 6.70. The van der Waals surface area contributed by atoms with E-state index in [0.717, 1.165) is 0 Å². The summed E-state index contributed by atoms with van der Waals surface area (Å²) in [4.78, 5) is 30.2. The van der Waals surface area contributed by atoms with Gasteiger partial charge in [0.15, 0.2) is 0 Å². The van der Waals surface area contributed by atoms with Crippen LogP contribution in [-0.2, 0) is 4.79 Å². The second-order valence-electron chi connectivity index (χ2n) is 2.43. The van der Waals surface area contributed by atoms with E-state index in [2.05, 4.69) is 5.32 Å². The van der Waals surface area contributed by atoms with Gasteiger partial charge in [0.1, 0.15) is 0 Å². The van der Waals surface area contributed by atoms with E-state index in [-0.39, 0.29) is 18.3 Å². The largest absolute Gasteiger partial charge is 0.483 e. The smallest absolute Gasteiger partial charge is 0.290 e. The van der Waals surface area contributed by atoms with Gasteiger partial charge in [-0.1, -0.05) is 12.1 Å². The van der Waals surface area contributed by atoms with Crippen LogP contribution >= 0.6 is 0 Å². The number of hydrogen-bond donors (Lipinski definition) is 2. The fourth-order valence-electron chi connectivity index (χ4n) is 1.12. The molecule has 0 unspecified atom stereocenters. The maximum absolute atomic E-state index is 10.9. The number of benzene rings is 1. The molecule has 0 fully saturated rings. The van der Waals surface area contributed by atoms with E-state index >= 15 is 0 Å². The lowest BCUT2D eigenvalue weighted by Gasteiger charge is -1.88. The van der Waals surface area contributed by atoms with Gasteiger partial charge in [0, 0.05) is 0 Å². The monoisotopic (exact) mass is 193 g/mol. The highest BCUT2D eigenvalue weighted by Crippen LogP contribution is 2.13. The molecule has 5 heteroatoms. The molecule has 2 rings (SSSR count).